The number of likely N-dealkylation sites (N-methyl/N-ethyl adjacent to an activating group) is 1. The van der Waals surface area contributed by atoms with Gasteiger partial charge in [-0.2, -0.15) is 4.52 Å². The number of anilines is 2. The van der Waals surface area contributed by atoms with Gasteiger partial charge in [0.1, 0.15) is 11.4 Å². The molecule has 2 aromatic heterocycles. The number of benzene rings is 1. The number of amides is 1. The van der Waals surface area contributed by atoms with Crippen LogP contribution in [0, 0.1) is 0 Å². The van der Waals surface area contributed by atoms with Gasteiger partial charge in [-0.1, -0.05) is 11.3 Å². The van der Waals surface area contributed by atoms with Crippen LogP contribution in [0.3, 0.4) is 0 Å². The topological polar surface area (TPSA) is 93.0 Å². The molecule has 32 heavy (non-hydrogen) atoms. The predicted molar refractivity (Wildman–Crippen MR) is 129 cm³/mol. The molecule has 9 nitrogen and oxygen atoms in total. The average molecular weight is 461 g/mol. The van der Waals surface area contributed by atoms with Crippen molar-refractivity contribution in [3.63, 3.8) is 0 Å². The van der Waals surface area contributed by atoms with Gasteiger partial charge >= 0.3 is 0 Å². The Labute approximate surface area is 192 Å². The minimum absolute atomic E-state index is 0.0524. The Hall–Kier alpha value is -2.85. The third kappa shape index (κ3) is 5.89. The van der Waals surface area contributed by atoms with Crippen LogP contribution in [0.25, 0.3) is 16.2 Å². The summed E-state index contributed by atoms with van der Waals surface area (Å²) in [6, 6.07) is 7.81. The quantitative estimate of drug-likeness (QED) is 0.449. The SMILES string of the molecule is COCCCNC(=O)CN(C)c1nn2c(NC(C)(C)C)c(-c3ccc(OC)cc3)nc2s1. The van der Waals surface area contributed by atoms with Crippen LogP contribution < -0.4 is 20.3 Å². The number of rotatable bonds is 10. The Morgan fingerprint density at radius 2 is 1.94 bits per heavy atom. The van der Waals surface area contributed by atoms with Gasteiger partial charge in [-0.25, -0.2) is 4.98 Å². The van der Waals surface area contributed by atoms with Gasteiger partial charge in [0.2, 0.25) is 16.0 Å². The molecule has 0 radical (unpaired) electrons. The van der Waals surface area contributed by atoms with E-state index < -0.39 is 0 Å². The summed E-state index contributed by atoms with van der Waals surface area (Å²) < 4.78 is 12.1. The van der Waals surface area contributed by atoms with Crippen molar-refractivity contribution in [3.05, 3.63) is 24.3 Å². The fraction of sp³-hybridized carbons (Fsp3) is 0.500. The lowest BCUT2D eigenvalue weighted by Gasteiger charge is -2.22. The lowest BCUT2D eigenvalue weighted by atomic mass is 10.1. The first-order valence-electron chi connectivity index (χ1n) is 10.5. The summed E-state index contributed by atoms with van der Waals surface area (Å²) in [6.45, 7) is 7.72. The second-order valence-corrected chi connectivity index (χ2v) is 9.48. The zero-order chi connectivity index (χ0) is 23.3. The fourth-order valence-corrected chi connectivity index (χ4v) is 3.96. The van der Waals surface area contributed by atoms with E-state index in [9.17, 15) is 4.79 Å². The molecule has 0 unspecified atom stereocenters. The van der Waals surface area contributed by atoms with Crippen LogP contribution in [-0.4, -0.2) is 67.0 Å². The maximum atomic E-state index is 12.2. The maximum Gasteiger partial charge on any atom is 0.239 e. The highest BCUT2D eigenvalue weighted by molar-refractivity contribution is 7.20. The monoisotopic (exact) mass is 460 g/mol. The van der Waals surface area contributed by atoms with Crippen LogP contribution in [0.5, 0.6) is 5.75 Å². The molecule has 0 aliphatic rings. The largest absolute Gasteiger partial charge is 0.497 e. The molecule has 0 aliphatic heterocycles. The first-order chi connectivity index (χ1) is 15.2. The Kier molecular flexibility index (Phi) is 7.57. The zero-order valence-corrected chi connectivity index (χ0v) is 20.4. The summed E-state index contributed by atoms with van der Waals surface area (Å²) in [7, 11) is 5.15. The number of fused-ring (bicyclic) bond motifs is 1. The molecule has 2 heterocycles. The number of ether oxygens (including phenoxy) is 2. The number of aromatic nitrogens is 3. The van der Waals surface area contributed by atoms with Crippen LogP contribution in [-0.2, 0) is 9.53 Å². The number of carbonyl (C=O) groups is 1. The van der Waals surface area contributed by atoms with Crippen molar-refractivity contribution in [2.24, 2.45) is 0 Å². The minimum Gasteiger partial charge on any atom is -0.497 e. The van der Waals surface area contributed by atoms with Crippen molar-refractivity contribution in [3.8, 4) is 17.0 Å². The van der Waals surface area contributed by atoms with Crippen molar-refractivity contribution >= 4 is 33.2 Å². The highest BCUT2D eigenvalue weighted by Crippen LogP contribution is 2.35. The Balaban J connectivity index is 1.85. The number of hydrogen-bond acceptors (Lipinski definition) is 8. The molecule has 0 saturated heterocycles. The van der Waals surface area contributed by atoms with Crippen molar-refractivity contribution < 1.29 is 14.3 Å². The van der Waals surface area contributed by atoms with E-state index >= 15 is 0 Å². The first kappa shape index (κ1) is 23.8. The van der Waals surface area contributed by atoms with E-state index in [0.717, 1.165) is 39.3 Å². The normalized spacial score (nSPS) is 11.6. The molecule has 0 fully saturated rings. The van der Waals surface area contributed by atoms with Crippen LogP contribution in [0.2, 0.25) is 0 Å². The molecule has 0 aliphatic carbocycles. The Morgan fingerprint density at radius 3 is 2.56 bits per heavy atom. The fourth-order valence-electron chi connectivity index (χ4n) is 3.09. The molecule has 0 atom stereocenters. The maximum absolute atomic E-state index is 12.2. The standard InChI is InChI=1S/C22H32N6O3S/c1-22(2,3)25-19-18(15-8-10-16(31-6)11-9-15)24-20-28(19)26-21(32-20)27(4)14-17(29)23-12-7-13-30-5/h8-11,25H,7,12-14H2,1-6H3,(H,23,29). The number of carbonyl (C=O) groups excluding carboxylic acids is 1. The minimum atomic E-state index is -0.186. The smallest absolute Gasteiger partial charge is 0.239 e. The Morgan fingerprint density at radius 1 is 1.22 bits per heavy atom. The molecule has 0 bridgehead atoms. The van der Waals surface area contributed by atoms with Crippen LogP contribution in [0.15, 0.2) is 24.3 Å². The summed E-state index contributed by atoms with van der Waals surface area (Å²) in [5.41, 5.74) is 1.61. The van der Waals surface area contributed by atoms with E-state index in [4.69, 9.17) is 19.6 Å². The van der Waals surface area contributed by atoms with E-state index in [0.29, 0.717) is 13.2 Å². The lowest BCUT2D eigenvalue weighted by Crippen LogP contribution is -2.35. The second kappa shape index (κ2) is 10.2. The summed E-state index contributed by atoms with van der Waals surface area (Å²) in [5, 5.41) is 11.9. The number of imidazole rings is 1. The molecule has 1 amide bonds. The first-order valence-corrected chi connectivity index (χ1v) is 11.3. The predicted octanol–water partition coefficient (Wildman–Crippen LogP) is 3.27. The van der Waals surface area contributed by atoms with E-state index in [1.807, 2.05) is 40.7 Å². The van der Waals surface area contributed by atoms with E-state index in [1.165, 1.54) is 11.3 Å². The van der Waals surface area contributed by atoms with Crippen LogP contribution in [0.1, 0.15) is 27.2 Å². The highest BCUT2D eigenvalue weighted by atomic mass is 32.1. The summed E-state index contributed by atoms with van der Waals surface area (Å²) in [4.78, 5) is 19.7. The van der Waals surface area contributed by atoms with E-state index in [2.05, 4.69) is 31.4 Å². The molecule has 1 aromatic carbocycles. The molecular formula is C22H32N6O3S. The van der Waals surface area contributed by atoms with Crippen LogP contribution >= 0.6 is 11.3 Å². The van der Waals surface area contributed by atoms with Gasteiger partial charge in [0, 0.05) is 38.4 Å². The number of nitrogens with zero attached hydrogens (tertiary/aromatic N) is 4. The third-order valence-corrected chi connectivity index (χ3v) is 5.63. The van der Waals surface area contributed by atoms with Crippen molar-refractivity contribution in [2.45, 2.75) is 32.7 Å². The average Bonchev–Trinajstić information content (AvgIpc) is 3.30. The van der Waals surface area contributed by atoms with Crippen molar-refractivity contribution in [2.75, 3.05) is 51.2 Å². The van der Waals surface area contributed by atoms with Gasteiger partial charge in [0.25, 0.3) is 0 Å². The number of hydrogen-bond donors (Lipinski definition) is 2. The summed E-state index contributed by atoms with van der Waals surface area (Å²) in [5.74, 6) is 1.56. The third-order valence-electron chi connectivity index (χ3n) is 4.60. The molecule has 0 saturated carbocycles. The molecule has 0 spiro atoms. The molecule has 10 heteroatoms. The Bertz CT molecular complexity index is 1040. The van der Waals surface area contributed by atoms with Crippen LogP contribution in [0.4, 0.5) is 10.9 Å². The summed E-state index contributed by atoms with van der Waals surface area (Å²) in [6.07, 6.45) is 0.785. The van der Waals surface area contributed by atoms with Gasteiger partial charge in [-0.15, -0.1) is 5.10 Å². The molecule has 3 aromatic rings. The number of methoxy groups -OCH3 is 2. The zero-order valence-electron chi connectivity index (χ0n) is 19.6. The van der Waals surface area contributed by atoms with Gasteiger partial charge in [0.05, 0.1) is 13.7 Å². The second-order valence-electron chi connectivity index (χ2n) is 8.54. The van der Waals surface area contributed by atoms with Gasteiger partial charge < -0.3 is 25.0 Å². The van der Waals surface area contributed by atoms with Gasteiger partial charge in [0.15, 0.2) is 5.82 Å². The molecule has 3 rings (SSSR count). The van der Waals surface area contributed by atoms with Crippen molar-refractivity contribution in [1.29, 1.82) is 0 Å². The summed E-state index contributed by atoms with van der Waals surface area (Å²) >= 11 is 1.44. The van der Waals surface area contributed by atoms with E-state index in [-0.39, 0.29) is 18.0 Å². The van der Waals surface area contributed by atoms with Gasteiger partial charge in [-0.05, 0) is 51.5 Å². The lowest BCUT2D eigenvalue weighted by molar-refractivity contribution is -0.119. The van der Waals surface area contributed by atoms with Gasteiger partial charge in [-0.3, -0.25) is 4.79 Å². The number of nitrogens with one attached hydrogen (secondary N) is 2. The van der Waals surface area contributed by atoms with Crippen molar-refractivity contribution in [1.82, 2.24) is 19.9 Å². The molecule has 2 N–H and O–H groups in total. The molecular weight excluding hydrogens is 428 g/mol. The van der Waals surface area contributed by atoms with E-state index in [1.54, 1.807) is 14.2 Å². The highest BCUT2D eigenvalue weighted by Gasteiger charge is 2.23. The molecule has 174 valence electrons.